The zero-order valence-corrected chi connectivity index (χ0v) is 18.1. The molecule has 10 heteroatoms. The third kappa shape index (κ3) is 3.77. The van der Waals surface area contributed by atoms with E-state index in [2.05, 4.69) is 0 Å². The van der Waals surface area contributed by atoms with E-state index in [-0.39, 0.29) is 43.3 Å². The van der Waals surface area contributed by atoms with E-state index in [1.54, 1.807) is 0 Å². The summed E-state index contributed by atoms with van der Waals surface area (Å²) in [6.07, 6.45) is 0. The van der Waals surface area contributed by atoms with E-state index in [0.717, 1.165) is 18.2 Å². The summed E-state index contributed by atoms with van der Waals surface area (Å²) in [6, 6.07) is 11.3. The van der Waals surface area contributed by atoms with Gasteiger partial charge in [0.2, 0.25) is 0 Å². The molecular weight excluding hydrogens is 482 g/mol. The van der Waals surface area contributed by atoms with Gasteiger partial charge >= 0.3 is 0 Å². The van der Waals surface area contributed by atoms with Gasteiger partial charge in [0.05, 0.1) is 10.0 Å². The molecule has 0 spiro atoms. The molecule has 3 rings (SSSR count). The van der Waals surface area contributed by atoms with E-state index >= 15 is 0 Å². The van der Waals surface area contributed by atoms with Gasteiger partial charge in [-0.3, -0.25) is 4.55 Å². The highest BCUT2D eigenvalue weighted by Crippen LogP contribution is 2.52. The van der Waals surface area contributed by atoms with Gasteiger partial charge in [0, 0.05) is 21.2 Å². The van der Waals surface area contributed by atoms with Gasteiger partial charge in [0.15, 0.2) is 4.75 Å². The second kappa shape index (κ2) is 7.87. The van der Waals surface area contributed by atoms with Crippen molar-refractivity contribution in [1.82, 2.24) is 0 Å². The quantitative estimate of drug-likeness (QED) is 0.311. The van der Waals surface area contributed by atoms with Crippen molar-refractivity contribution in [2.24, 2.45) is 0 Å². The van der Waals surface area contributed by atoms with Gasteiger partial charge < -0.3 is 10.2 Å². The minimum Gasteiger partial charge on any atom is -0.508 e. The monoisotopic (exact) mass is 492 g/mol. The zero-order chi connectivity index (χ0) is 21.6. The summed E-state index contributed by atoms with van der Waals surface area (Å²) in [5.74, 6) is -0.525. The number of aromatic hydroxyl groups is 2. The van der Waals surface area contributed by atoms with Crippen molar-refractivity contribution in [1.29, 1.82) is 0 Å². The molecule has 0 fully saturated rings. The third-order valence-corrected chi connectivity index (χ3v) is 6.94. The topological polar surface area (TPSA) is 94.8 Å². The van der Waals surface area contributed by atoms with E-state index in [9.17, 15) is 23.2 Å². The average molecular weight is 494 g/mol. The van der Waals surface area contributed by atoms with E-state index < -0.39 is 14.9 Å². The molecule has 0 aliphatic carbocycles. The lowest BCUT2D eigenvalue weighted by molar-refractivity contribution is 0.456. The molecule has 0 saturated carbocycles. The minimum atomic E-state index is -5.05. The molecule has 0 aliphatic heterocycles. The summed E-state index contributed by atoms with van der Waals surface area (Å²) < 4.78 is 34.1. The first kappa shape index (κ1) is 22.0. The lowest BCUT2D eigenvalue weighted by atomic mass is 9.83. The predicted molar refractivity (Wildman–Crippen MR) is 114 cm³/mol. The third-order valence-electron chi connectivity index (χ3n) is 4.35. The average Bonchev–Trinajstić information content (AvgIpc) is 2.58. The van der Waals surface area contributed by atoms with Gasteiger partial charge in [-0.25, -0.2) is 0 Å². The van der Waals surface area contributed by atoms with Crippen LogP contribution in [0.15, 0.2) is 54.6 Å². The molecule has 3 aromatic rings. The van der Waals surface area contributed by atoms with Crippen LogP contribution in [0.2, 0.25) is 20.1 Å². The number of halogens is 4. The summed E-state index contributed by atoms with van der Waals surface area (Å²) in [5.41, 5.74) is -0.307. The molecule has 0 aliphatic rings. The van der Waals surface area contributed by atoms with Crippen LogP contribution in [0.5, 0.6) is 11.5 Å². The smallest absolute Gasteiger partial charge is 0.283 e. The molecule has 0 saturated heterocycles. The molecule has 3 N–H and O–H groups in total. The summed E-state index contributed by atoms with van der Waals surface area (Å²) in [4.78, 5) is 0. The van der Waals surface area contributed by atoms with Gasteiger partial charge in [0.1, 0.15) is 11.5 Å². The normalized spacial score (nSPS) is 13.8. The van der Waals surface area contributed by atoms with E-state index in [4.69, 9.17) is 46.4 Å². The summed E-state index contributed by atoms with van der Waals surface area (Å²) in [5, 5.41) is 19.2. The Labute approximate surface area is 186 Å². The number of phenols is 2. The molecule has 29 heavy (non-hydrogen) atoms. The van der Waals surface area contributed by atoms with Crippen molar-refractivity contribution < 1.29 is 23.2 Å². The first-order valence-electron chi connectivity index (χ1n) is 7.89. The van der Waals surface area contributed by atoms with Crippen LogP contribution in [0.3, 0.4) is 0 Å². The molecule has 0 radical (unpaired) electrons. The van der Waals surface area contributed by atoms with Crippen molar-refractivity contribution in [3.8, 4) is 11.5 Å². The number of rotatable bonds is 4. The summed E-state index contributed by atoms with van der Waals surface area (Å²) >= 11 is 24.8. The van der Waals surface area contributed by atoms with Crippen LogP contribution >= 0.6 is 46.4 Å². The molecule has 152 valence electrons. The molecule has 0 aromatic heterocycles. The first-order chi connectivity index (χ1) is 13.5. The molecule has 1 unspecified atom stereocenters. The summed E-state index contributed by atoms with van der Waals surface area (Å²) in [7, 11) is -5.05. The van der Waals surface area contributed by atoms with Gasteiger partial charge in [-0.2, -0.15) is 8.42 Å². The SMILES string of the molecule is O=S(=O)(O)C(c1ccc(Cl)cc1)(c1ccc(O)cc1Cl)c1c(Cl)cc(O)cc1Cl. The predicted octanol–water partition coefficient (Wildman–Crippen LogP) is 5.89. The van der Waals surface area contributed by atoms with Gasteiger partial charge in [0.25, 0.3) is 10.1 Å². The maximum absolute atomic E-state index is 13.0. The number of hydrogen-bond acceptors (Lipinski definition) is 4. The Balaban J connectivity index is 2.61. The lowest BCUT2D eigenvalue weighted by Gasteiger charge is -2.34. The fraction of sp³-hybridized carbons (Fsp3) is 0.0526. The number of phenolic OH excluding ortho intramolecular Hbond substituents is 2. The number of hydrogen-bond donors (Lipinski definition) is 3. The Hall–Kier alpha value is -1.67. The van der Waals surface area contributed by atoms with Gasteiger partial charge in [-0.1, -0.05) is 64.6 Å². The molecule has 1 atom stereocenters. The van der Waals surface area contributed by atoms with Gasteiger partial charge in [-0.15, -0.1) is 0 Å². The lowest BCUT2D eigenvalue weighted by Crippen LogP contribution is -2.39. The maximum atomic E-state index is 13.0. The van der Waals surface area contributed by atoms with Crippen LogP contribution in [0.4, 0.5) is 0 Å². The van der Waals surface area contributed by atoms with Crippen LogP contribution in [-0.2, 0) is 14.9 Å². The fourth-order valence-corrected chi connectivity index (χ4v) is 5.96. The van der Waals surface area contributed by atoms with Crippen LogP contribution in [0.1, 0.15) is 16.7 Å². The zero-order valence-electron chi connectivity index (χ0n) is 14.3. The molecule has 0 amide bonds. The second-order valence-corrected chi connectivity index (χ2v) is 9.33. The number of benzene rings is 3. The van der Waals surface area contributed by atoms with E-state index in [1.807, 2.05) is 0 Å². The van der Waals surface area contributed by atoms with Crippen molar-refractivity contribution in [3.63, 3.8) is 0 Å². The Morgan fingerprint density at radius 2 is 1.24 bits per heavy atom. The highest BCUT2D eigenvalue weighted by Gasteiger charge is 2.52. The Kier molecular flexibility index (Phi) is 5.98. The van der Waals surface area contributed by atoms with Crippen LogP contribution in [-0.4, -0.2) is 23.2 Å². The highest BCUT2D eigenvalue weighted by molar-refractivity contribution is 7.87. The van der Waals surface area contributed by atoms with Gasteiger partial charge in [-0.05, 0) is 42.0 Å². The standard InChI is InChI=1S/C19H12Cl4O5S/c20-11-3-1-10(2-4-11)19(29(26,27)28,14-6-5-12(24)7-15(14)21)18-16(22)8-13(25)9-17(18)23/h1-9,24-25H,(H,26,27,28). The van der Waals surface area contributed by atoms with Crippen molar-refractivity contribution in [2.45, 2.75) is 4.75 Å². The molecule has 5 nitrogen and oxygen atoms in total. The summed E-state index contributed by atoms with van der Waals surface area (Å²) in [6.45, 7) is 0. The molecular formula is C19H12Cl4O5S. The van der Waals surface area contributed by atoms with Crippen molar-refractivity contribution in [3.05, 3.63) is 91.4 Å². The second-order valence-electron chi connectivity index (χ2n) is 6.11. The molecule has 0 bridgehead atoms. The van der Waals surface area contributed by atoms with Crippen molar-refractivity contribution in [2.75, 3.05) is 0 Å². The van der Waals surface area contributed by atoms with Crippen LogP contribution < -0.4 is 0 Å². The van der Waals surface area contributed by atoms with E-state index in [1.165, 1.54) is 36.4 Å². The maximum Gasteiger partial charge on any atom is 0.283 e. The van der Waals surface area contributed by atoms with E-state index in [0.29, 0.717) is 5.02 Å². The fourth-order valence-electron chi connectivity index (χ4n) is 3.22. The largest absolute Gasteiger partial charge is 0.508 e. The Morgan fingerprint density at radius 1 is 0.724 bits per heavy atom. The highest BCUT2D eigenvalue weighted by atomic mass is 35.5. The molecule has 3 aromatic carbocycles. The van der Waals surface area contributed by atoms with Crippen molar-refractivity contribution >= 4 is 56.5 Å². The van der Waals surface area contributed by atoms with Crippen LogP contribution in [0.25, 0.3) is 0 Å². The Morgan fingerprint density at radius 3 is 1.72 bits per heavy atom. The first-order valence-corrected chi connectivity index (χ1v) is 10.8. The Bertz CT molecular complexity index is 1170. The van der Waals surface area contributed by atoms with Crippen LogP contribution in [0, 0.1) is 0 Å². The molecule has 0 heterocycles. The minimum absolute atomic E-state index is 0.0338.